The molecule has 2 rings (SSSR count). The summed E-state index contributed by atoms with van der Waals surface area (Å²) in [5, 5.41) is 7.70. The van der Waals surface area contributed by atoms with Crippen LogP contribution in [0.25, 0.3) is 0 Å². The summed E-state index contributed by atoms with van der Waals surface area (Å²) >= 11 is 1.98. The summed E-state index contributed by atoms with van der Waals surface area (Å²) in [6.45, 7) is 4.64. The zero-order chi connectivity index (χ0) is 14.2. The van der Waals surface area contributed by atoms with Crippen LogP contribution in [0.15, 0.2) is 23.7 Å². The van der Waals surface area contributed by atoms with E-state index in [0.29, 0.717) is 6.04 Å². The quantitative estimate of drug-likeness (QED) is 0.620. The molecule has 1 aromatic heterocycles. The summed E-state index contributed by atoms with van der Waals surface area (Å²) in [6.07, 6.45) is 11.6. The summed E-state index contributed by atoms with van der Waals surface area (Å²) in [5.41, 5.74) is 0. The van der Waals surface area contributed by atoms with Crippen molar-refractivity contribution in [3.8, 4) is 0 Å². The molecule has 20 heavy (non-hydrogen) atoms. The Hall–Kier alpha value is -1.17. The Balaban J connectivity index is 1.80. The molecule has 1 aliphatic rings. The number of hydrogen-bond donors (Lipinski definition) is 2. The van der Waals surface area contributed by atoms with Gasteiger partial charge in [0.05, 0.1) is 12.9 Å². The molecule has 2 atom stereocenters. The van der Waals surface area contributed by atoms with Gasteiger partial charge in [-0.1, -0.05) is 0 Å². The predicted octanol–water partition coefficient (Wildman–Crippen LogP) is 1.72. The molecule has 0 radical (unpaired) electrons. The lowest BCUT2D eigenvalue weighted by molar-refractivity contribution is 0.611. The number of aliphatic imine (C=N–C) groups is 1. The Bertz CT molecular complexity index is 404. The maximum atomic E-state index is 4.64. The van der Waals surface area contributed by atoms with E-state index in [9.17, 15) is 0 Å². The van der Waals surface area contributed by atoms with Crippen LogP contribution in [0.4, 0.5) is 0 Å². The van der Waals surface area contributed by atoms with E-state index in [1.165, 1.54) is 19.3 Å². The van der Waals surface area contributed by atoms with Crippen LogP contribution in [-0.4, -0.2) is 46.1 Å². The molecule has 2 unspecified atom stereocenters. The van der Waals surface area contributed by atoms with E-state index in [1.807, 2.05) is 28.9 Å². The maximum absolute atomic E-state index is 4.64. The number of aromatic nitrogens is 2. The minimum Gasteiger partial charge on any atom is -0.357 e. The number of nitrogens with one attached hydrogen (secondary N) is 2. The van der Waals surface area contributed by atoms with Crippen LogP contribution in [0.5, 0.6) is 0 Å². The molecule has 2 N–H and O–H groups in total. The van der Waals surface area contributed by atoms with Crippen molar-refractivity contribution in [2.75, 3.05) is 19.3 Å². The van der Waals surface area contributed by atoms with Crippen LogP contribution in [-0.2, 0) is 6.54 Å². The molecule has 1 aromatic rings. The van der Waals surface area contributed by atoms with Crippen LogP contribution >= 0.6 is 11.8 Å². The molecule has 0 amide bonds. The highest BCUT2D eigenvalue weighted by Crippen LogP contribution is 2.27. The van der Waals surface area contributed by atoms with E-state index in [0.717, 1.165) is 30.8 Å². The van der Waals surface area contributed by atoms with E-state index in [1.54, 1.807) is 6.20 Å². The summed E-state index contributed by atoms with van der Waals surface area (Å²) < 4.78 is 2.05. The highest BCUT2D eigenvalue weighted by Gasteiger charge is 2.24. The van der Waals surface area contributed by atoms with Crippen LogP contribution in [0.3, 0.4) is 0 Å². The number of hydrogen-bond acceptors (Lipinski definition) is 3. The van der Waals surface area contributed by atoms with Crippen molar-refractivity contribution in [1.29, 1.82) is 0 Å². The average Bonchev–Trinajstić information content (AvgIpc) is 3.10. The first kappa shape index (κ1) is 15.2. The number of nitrogens with zero attached hydrogens (tertiary/aromatic N) is 3. The predicted molar refractivity (Wildman–Crippen MR) is 86.3 cm³/mol. The molecule has 0 aliphatic heterocycles. The van der Waals surface area contributed by atoms with Gasteiger partial charge >= 0.3 is 0 Å². The van der Waals surface area contributed by atoms with Crippen molar-refractivity contribution in [2.45, 2.75) is 44.0 Å². The van der Waals surface area contributed by atoms with Crippen LogP contribution < -0.4 is 10.6 Å². The van der Waals surface area contributed by atoms with Gasteiger partial charge in [-0.2, -0.15) is 11.8 Å². The van der Waals surface area contributed by atoms with E-state index in [-0.39, 0.29) is 0 Å². The Morgan fingerprint density at radius 2 is 2.40 bits per heavy atom. The van der Waals surface area contributed by atoms with Gasteiger partial charge in [0, 0.05) is 36.8 Å². The Morgan fingerprint density at radius 3 is 3.05 bits per heavy atom. The van der Waals surface area contributed by atoms with E-state index in [4.69, 9.17) is 0 Å². The minimum atomic E-state index is 0.568. The van der Waals surface area contributed by atoms with Gasteiger partial charge in [0.25, 0.3) is 0 Å². The minimum absolute atomic E-state index is 0.568. The van der Waals surface area contributed by atoms with Gasteiger partial charge in [-0.05, 0) is 32.4 Å². The third-order valence-electron chi connectivity index (χ3n) is 3.59. The first-order valence-electron chi connectivity index (χ1n) is 7.35. The highest BCUT2D eigenvalue weighted by molar-refractivity contribution is 7.99. The lowest BCUT2D eigenvalue weighted by Crippen LogP contribution is -2.42. The van der Waals surface area contributed by atoms with Gasteiger partial charge in [-0.3, -0.25) is 4.99 Å². The first-order chi connectivity index (χ1) is 9.81. The van der Waals surface area contributed by atoms with Crippen LogP contribution in [0.2, 0.25) is 0 Å². The van der Waals surface area contributed by atoms with Gasteiger partial charge in [-0.25, -0.2) is 4.98 Å². The first-order valence-corrected chi connectivity index (χ1v) is 8.64. The highest BCUT2D eigenvalue weighted by atomic mass is 32.2. The smallest absolute Gasteiger partial charge is 0.191 e. The molecular weight excluding hydrogens is 270 g/mol. The second kappa shape index (κ2) is 8.19. The SMILES string of the molecule is CCNC(=NCCn1ccnc1)NC1CCC(SC)C1. The normalized spacial score (nSPS) is 23.0. The van der Waals surface area contributed by atoms with Crippen molar-refractivity contribution in [3.63, 3.8) is 0 Å². The average molecular weight is 295 g/mol. The Kier molecular flexibility index (Phi) is 6.24. The zero-order valence-electron chi connectivity index (χ0n) is 12.4. The van der Waals surface area contributed by atoms with Crippen molar-refractivity contribution in [1.82, 2.24) is 20.2 Å². The molecule has 1 heterocycles. The summed E-state index contributed by atoms with van der Waals surface area (Å²) in [5.74, 6) is 0.944. The second-order valence-electron chi connectivity index (χ2n) is 5.07. The zero-order valence-corrected chi connectivity index (χ0v) is 13.2. The van der Waals surface area contributed by atoms with Gasteiger partial charge in [-0.15, -0.1) is 0 Å². The largest absolute Gasteiger partial charge is 0.357 e. The third kappa shape index (κ3) is 4.74. The van der Waals surface area contributed by atoms with Crippen molar-refractivity contribution < 1.29 is 0 Å². The number of thioether (sulfide) groups is 1. The number of guanidine groups is 1. The van der Waals surface area contributed by atoms with E-state index in [2.05, 4.69) is 33.8 Å². The lowest BCUT2D eigenvalue weighted by atomic mass is 10.2. The fraction of sp³-hybridized carbons (Fsp3) is 0.714. The van der Waals surface area contributed by atoms with Crippen molar-refractivity contribution in [2.24, 2.45) is 4.99 Å². The van der Waals surface area contributed by atoms with Crippen molar-refractivity contribution >= 4 is 17.7 Å². The monoisotopic (exact) mass is 295 g/mol. The lowest BCUT2D eigenvalue weighted by Gasteiger charge is -2.17. The Morgan fingerprint density at radius 1 is 1.50 bits per heavy atom. The van der Waals surface area contributed by atoms with E-state index < -0.39 is 0 Å². The second-order valence-corrected chi connectivity index (χ2v) is 6.21. The molecule has 1 aliphatic carbocycles. The Labute approximate surface area is 125 Å². The topological polar surface area (TPSA) is 54.2 Å². The van der Waals surface area contributed by atoms with Crippen molar-refractivity contribution in [3.05, 3.63) is 18.7 Å². The maximum Gasteiger partial charge on any atom is 0.191 e. The van der Waals surface area contributed by atoms with Crippen LogP contribution in [0, 0.1) is 0 Å². The summed E-state index contributed by atoms with van der Waals surface area (Å²) in [4.78, 5) is 8.68. The van der Waals surface area contributed by atoms with E-state index >= 15 is 0 Å². The molecule has 1 fully saturated rings. The molecule has 112 valence electrons. The third-order valence-corrected chi connectivity index (χ3v) is 4.69. The molecular formula is C14H25N5S. The number of imidazole rings is 1. The summed E-state index contributed by atoms with van der Waals surface area (Å²) in [6, 6.07) is 0.568. The molecule has 0 saturated heterocycles. The molecule has 0 bridgehead atoms. The van der Waals surface area contributed by atoms with Gasteiger partial charge in [0.2, 0.25) is 0 Å². The van der Waals surface area contributed by atoms with Gasteiger partial charge in [0.15, 0.2) is 5.96 Å². The van der Waals surface area contributed by atoms with Gasteiger partial charge in [0.1, 0.15) is 0 Å². The fourth-order valence-corrected chi connectivity index (χ4v) is 3.29. The van der Waals surface area contributed by atoms with Crippen LogP contribution in [0.1, 0.15) is 26.2 Å². The molecule has 0 spiro atoms. The molecule has 0 aromatic carbocycles. The fourth-order valence-electron chi connectivity index (χ4n) is 2.49. The molecule has 6 heteroatoms. The molecule has 1 saturated carbocycles. The summed E-state index contributed by atoms with van der Waals surface area (Å²) in [7, 11) is 0. The van der Waals surface area contributed by atoms with Gasteiger partial charge < -0.3 is 15.2 Å². The number of rotatable bonds is 6. The standard InChI is InChI=1S/C14H25N5S/c1-3-16-14(17-7-9-19-8-6-15-11-19)18-12-4-5-13(10-12)20-2/h6,8,11-13H,3-5,7,9-10H2,1-2H3,(H2,16,17,18). The molecule has 5 nitrogen and oxygen atoms in total.